The van der Waals surface area contributed by atoms with Crippen LogP contribution >= 0.6 is 11.3 Å². The van der Waals surface area contributed by atoms with Gasteiger partial charge in [-0.25, -0.2) is 9.37 Å². The molecule has 0 radical (unpaired) electrons. The predicted molar refractivity (Wildman–Crippen MR) is 173 cm³/mol. The van der Waals surface area contributed by atoms with Gasteiger partial charge in [0.1, 0.15) is 30.0 Å². The molecule has 4 aromatic carbocycles. The average Bonchev–Trinajstić information content (AvgIpc) is 3.72. The van der Waals surface area contributed by atoms with Crippen LogP contribution in [-0.4, -0.2) is 34.5 Å². The van der Waals surface area contributed by atoms with Crippen molar-refractivity contribution in [3.05, 3.63) is 119 Å². The number of amides is 1. The summed E-state index contributed by atoms with van der Waals surface area (Å²) in [7, 11) is 0. The van der Waals surface area contributed by atoms with Gasteiger partial charge in [0, 0.05) is 12.0 Å². The Bertz CT molecular complexity index is 2020. The molecule has 1 N–H and O–H groups in total. The molecule has 10 heteroatoms. The number of Topliss-reactive ketones (excluding diaryl/α,β-unsaturated/α-hetero) is 1. The average molecular weight is 637 g/mol. The number of thiazole rings is 1. The Hall–Kier alpha value is -5.22. The number of aromatic nitrogens is 1. The maximum absolute atomic E-state index is 14.1. The smallest absolute Gasteiger partial charge is 0.301 e. The molecule has 0 aliphatic carbocycles. The van der Waals surface area contributed by atoms with Crippen LogP contribution in [0, 0.1) is 5.82 Å². The van der Waals surface area contributed by atoms with Crippen LogP contribution in [0.25, 0.3) is 16.0 Å². The lowest BCUT2D eigenvalue weighted by atomic mass is 9.94. The predicted octanol–water partition coefficient (Wildman–Crippen LogP) is 7.36. The number of hydrogen-bond acceptors (Lipinski definition) is 8. The fourth-order valence-corrected chi connectivity index (χ4v) is 6.89. The van der Waals surface area contributed by atoms with E-state index in [2.05, 4.69) is 4.98 Å². The van der Waals surface area contributed by atoms with Crippen molar-refractivity contribution >= 4 is 44.1 Å². The summed E-state index contributed by atoms with van der Waals surface area (Å²) in [4.78, 5) is 33.5. The van der Waals surface area contributed by atoms with Gasteiger partial charge in [0.05, 0.1) is 28.4 Å². The third-order valence-electron chi connectivity index (χ3n) is 7.98. The first kappa shape index (κ1) is 29.5. The van der Waals surface area contributed by atoms with Gasteiger partial charge in [-0.1, -0.05) is 47.7 Å². The van der Waals surface area contributed by atoms with Crippen LogP contribution < -0.4 is 19.1 Å². The Morgan fingerprint density at radius 3 is 2.65 bits per heavy atom. The highest BCUT2D eigenvalue weighted by molar-refractivity contribution is 7.22. The van der Waals surface area contributed by atoms with Gasteiger partial charge < -0.3 is 19.3 Å². The van der Waals surface area contributed by atoms with Gasteiger partial charge in [0.25, 0.3) is 5.78 Å². The Labute approximate surface area is 268 Å². The zero-order valence-corrected chi connectivity index (χ0v) is 25.8. The summed E-state index contributed by atoms with van der Waals surface area (Å²) >= 11 is 1.09. The number of fused-ring (bicyclic) bond motifs is 2. The molecule has 3 heterocycles. The highest BCUT2D eigenvalue weighted by Gasteiger charge is 2.48. The molecule has 1 amide bonds. The van der Waals surface area contributed by atoms with Gasteiger partial charge in [-0.2, -0.15) is 0 Å². The van der Waals surface area contributed by atoms with Crippen molar-refractivity contribution in [1.29, 1.82) is 0 Å². The topological polar surface area (TPSA) is 98.2 Å². The molecule has 2 atom stereocenters. The normalized spacial score (nSPS) is 18.5. The van der Waals surface area contributed by atoms with E-state index in [9.17, 15) is 19.1 Å². The van der Waals surface area contributed by atoms with Gasteiger partial charge in [0.15, 0.2) is 16.6 Å². The molecular formula is C36H29FN2O6S. The van der Waals surface area contributed by atoms with Crippen LogP contribution in [0.5, 0.6) is 17.2 Å². The number of ketones is 1. The molecule has 1 saturated heterocycles. The van der Waals surface area contributed by atoms with E-state index in [0.717, 1.165) is 28.2 Å². The van der Waals surface area contributed by atoms with E-state index in [-0.39, 0.29) is 22.6 Å². The first-order chi connectivity index (χ1) is 22.3. The van der Waals surface area contributed by atoms with Crippen molar-refractivity contribution in [3.8, 4) is 17.2 Å². The molecule has 2 aliphatic heterocycles. The maximum atomic E-state index is 14.1. The van der Waals surface area contributed by atoms with Crippen LogP contribution in [0.15, 0.2) is 90.5 Å². The number of benzene rings is 4. The van der Waals surface area contributed by atoms with Crippen molar-refractivity contribution < 1.29 is 33.3 Å². The van der Waals surface area contributed by atoms with E-state index in [1.54, 1.807) is 36.4 Å². The molecule has 2 aliphatic rings. The Morgan fingerprint density at radius 1 is 1.02 bits per heavy atom. The van der Waals surface area contributed by atoms with Crippen molar-refractivity contribution in [2.75, 3.05) is 11.5 Å². The molecule has 8 nitrogen and oxygen atoms in total. The highest BCUT2D eigenvalue weighted by atomic mass is 32.1. The third kappa shape index (κ3) is 5.34. The monoisotopic (exact) mass is 636 g/mol. The summed E-state index contributed by atoms with van der Waals surface area (Å²) in [5, 5.41) is 11.9. The number of aliphatic hydroxyl groups excluding tert-OH is 1. The van der Waals surface area contributed by atoms with Crippen LogP contribution in [0.4, 0.5) is 9.52 Å². The van der Waals surface area contributed by atoms with E-state index >= 15 is 0 Å². The van der Waals surface area contributed by atoms with Crippen molar-refractivity contribution in [3.63, 3.8) is 0 Å². The number of carbonyl (C=O) groups is 2. The molecule has 7 rings (SSSR count). The maximum Gasteiger partial charge on any atom is 0.301 e. The largest absolute Gasteiger partial charge is 0.507 e. The summed E-state index contributed by atoms with van der Waals surface area (Å²) in [5.74, 6) is -0.861. The minimum Gasteiger partial charge on any atom is -0.507 e. The molecule has 0 spiro atoms. The lowest BCUT2D eigenvalue weighted by Crippen LogP contribution is -2.29. The van der Waals surface area contributed by atoms with E-state index in [1.807, 2.05) is 44.2 Å². The van der Waals surface area contributed by atoms with E-state index in [0.29, 0.717) is 52.5 Å². The number of ether oxygens (including phenoxy) is 3. The number of nitrogens with zero attached hydrogens (tertiary/aromatic N) is 2. The molecule has 1 fully saturated rings. The van der Waals surface area contributed by atoms with Crippen LogP contribution in [0.2, 0.25) is 0 Å². The third-order valence-corrected chi connectivity index (χ3v) is 9.00. The second-order valence-corrected chi connectivity index (χ2v) is 12.2. The van der Waals surface area contributed by atoms with Crippen molar-refractivity contribution in [2.24, 2.45) is 0 Å². The molecule has 5 aromatic rings. The Morgan fingerprint density at radius 2 is 1.85 bits per heavy atom. The van der Waals surface area contributed by atoms with E-state index < -0.39 is 23.5 Å². The van der Waals surface area contributed by atoms with Crippen LogP contribution in [0.3, 0.4) is 0 Å². The first-order valence-electron chi connectivity index (χ1n) is 14.9. The van der Waals surface area contributed by atoms with Crippen LogP contribution in [0.1, 0.15) is 42.1 Å². The summed E-state index contributed by atoms with van der Waals surface area (Å²) in [6, 6.07) is 23.2. The second kappa shape index (κ2) is 11.9. The highest BCUT2D eigenvalue weighted by Crippen LogP contribution is 2.46. The van der Waals surface area contributed by atoms with Crippen molar-refractivity contribution in [2.45, 2.75) is 39.0 Å². The minimum absolute atomic E-state index is 0.0125. The minimum atomic E-state index is -1.06. The fraction of sp³-hybridized carbons (Fsp3) is 0.194. The van der Waals surface area contributed by atoms with Gasteiger partial charge in [0.2, 0.25) is 0 Å². The standard InChI is InChI=1S/C36H29FN2O6S/c1-3-43-29-17-22(9-14-28(29)44-19-21-7-5-4-6-8-21)32-31(33(40)23-10-13-27-24(16-23)15-20(2)45-27)34(41)35(42)39(32)36-38-26-12-11-25(37)18-30(26)46-36/h4-14,16-18,20,32,40H,3,15,19H2,1-2H3/b33-31+. The van der Waals surface area contributed by atoms with Gasteiger partial charge >= 0.3 is 5.91 Å². The number of rotatable bonds is 8. The first-order valence-corrected chi connectivity index (χ1v) is 15.7. The van der Waals surface area contributed by atoms with E-state index in [4.69, 9.17) is 14.2 Å². The summed E-state index contributed by atoms with van der Waals surface area (Å²) < 4.78 is 32.5. The zero-order chi connectivity index (χ0) is 31.9. The zero-order valence-electron chi connectivity index (χ0n) is 25.0. The molecule has 0 saturated carbocycles. The molecule has 0 bridgehead atoms. The molecule has 2 unspecified atom stereocenters. The summed E-state index contributed by atoms with van der Waals surface area (Å²) in [6.45, 7) is 4.45. The number of carbonyl (C=O) groups excluding carboxylic acids is 2. The number of anilines is 1. The van der Waals surface area contributed by atoms with E-state index in [1.165, 1.54) is 23.1 Å². The Balaban J connectivity index is 1.36. The number of halogens is 1. The molecule has 232 valence electrons. The quantitative estimate of drug-likeness (QED) is 0.108. The summed E-state index contributed by atoms with van der Waals surface area (Å²) in [5.41, 5.74) is 3.15. The fourth-order valence-electron chi connectivity index (χ4n) is 5.88. The van der Waals surface area contributed by atoms with Crippen LogP contribution in [-0.2, 0) is 22.6 Å². The van der Waals surface area contributed by atoms with Gasteiger partial charge in [-0.05, 0) is 79.1 Å². The number of aliphatic hydroxyl groups is 1. The Kier molecular flexibility index (Phi) is 7.66. The number of hydrogen-bond donors (Lipinski definition) is 1. The SMILES string of the molecule is CCOc1cc(C2/C(=C(\O)c3ccc4c(c3)CC(C)O4)C(=O)C(=O)N2c2nc3ccc(F)cc3s2)ccc1OCc1ccccc1. The van der Waals surface area contributed by atoms with Gasteiger partial charge in [-0.15, -0.1) is 0 Å². The molecule has 46 heavy (non-hydrogen) atoms. The lowest BCUT2D eigenvalue weighted by Gasteiger charge is -2.24. The lowest BCUT2D eigenvalue weighted by molar-refractivity contribution is -0.132. The van der Waals surface area contributed by atoms with Gasteiger partial charge in [-0.3, -0.25) is 14.5 Å². The van der Waals surface area contributed by atoms with Crippen molar-refractivity contribution in [1.82, 2.24) is 4.98 Å². The second-order valence-electron chi connectivity index (χ2n) is 11.1. The molecular weight excluding hydrogens is 607 g/mol. The summed E-state index contributed by atoms with van der Waals surface area (Å²) in [6.07, 6.45) is 0.639. The molecule has 1 aromatic heterocycles.